The Kier molecular flexibility index (Phi) is 5.17. The molecule has 1 aliphatic carbocycles. The molecule has 9 nitrogen and oxygen atoms in total. The predicted octanol–water partition coefficient (Wildman–Crippen LogP) is 1.89. The number of oxazole rings is 1. The van der Waals surface area contributed by atoms with E-state index in [1.807, 2.05) is 37.3 Å². The van der Waals surface area contributed by atoms with Crippen molar-refractivity contribution in [2.24, 2.45) is 0 Å². The summed E-state index contributed by atoms with van der Waals surface area (Å²) in [5.41, 5.74) is 1.72. The van der Waals surface area contributed by atoms with Crippen LogP contribution in [0.5, 0.6) is 11.8 Å². The summed E-state index contributed by atoms with van der Waals surface area (Å²) >= 11 is 0. The third-order valence-electron chi connectivity index (χ3n) is 5.57. The highest BCUT2D eigenvalue weighted by molar-refractivity contribution is 5.47. The molecule has 1 saturated carbocycles. The van der Waals surface area contributed by atoms with Crippen LogP contribution in [0.2, 0.25) is 0 Å². The maximum atomic E-state index is 10.9. The number of rotatable bonds is 6. The molecule has 1 fully saturated rings. The highest BCUT2D eigenvalue weighted by Crippen LogP contribution is 2.53. The number of benzene rings is 1. The number of aryl methyl sites for hydroxylation is 1. The first kappa shape index (κ1) is 20.2. The molecule has 160 valence electrons. The van der Waals surface area contributed by atoms with Crippen LogP contribution in [0.15, 0.2) is 34.7 Å². The zero-order valence-corrected chi connectivity index (χ0v) is 17.1. The van der Waals surface area contributed by atoms with Crippen molar-refractivity contribution >= 4 is 6.01 Å². The van der Waals surface area contributed by atoms with Gasteiger partial charge in [0.2, 0.25) is 5.88 Å². The minimum absolute atomic E-state index is 0.0296. The molecule has 1 aromatic carbocycles. The van der Waals surface area contributed by atoms with E-state index in [1.165, 1.54) is 4.68 Å². The van der Waals surface area contributed by atoms with E-state index in [1.54, 1.807) is 19.0 Å². The van der Waals surface area contributed by atoms with Crippen molar-refractivity contribution in [3.63, 3.8) is 0 Å². The van der Waals surface area contributed by atoms with Crippen LogP contribution in [0.3, 0.4) is 0 Å². The number of aliphatic hydroxyl groups excluding tert-OH is 2. The highest BCUT2D eigenvalue weighted by atomic mass is 16.4. The van der Waals surface area contributed by atoms with E-state index in [9.17, 15) is 20.4 Å². The van der Waals surface area contributed by atoms with Crippen LogP contribution in [0.4, 0.5) is 6.01 Å². The lowest BCUT2D eigenvalue weighted by Gasteiger charge is -2.45. The zero-order chi connectivity index (χ0) is 21.6. The number of anilines is 1. The average molecular weight is 414 g/mol. The van der Waals surface area contributed by atoms with Crippen LogP contribution in [0, 0.1) is 0 Å². The monoisotopic (exact) mass is 414 g/mol. The summed E-state index contributed by atoms with van der Waals surface area (Å²) in [6.45, 7) is 1.99. The minimum Gasteiger partial charge on any atom is -0.493 e. The molecule has 3 aromatic rings. The fraction of sp³-hybridized carbons (Fsp3) is 0.429. The van der Waals surface area contributed by atoms with Crippen molar-refractivity contribution in [2.75, 3.05) is 19.0 Å². The molecule has 0 saturated heterocycles. The van der Waals surface area contributed by atoms with Gasteiger partial charge in [-0.2, -0.15) is 10.1 Å². The quantitative estimate of drug-likeness (QED) is 0.481. The van der Waals surface area contributed by atoms with Gasteiger partial charge in [-0.25, -0.2) is 4.68 Å². The Hall–Kier alpha value is -3.04. The van der Waals surface area contributed by atoms with Crippen molar-refractivity contribution in [1.82, 2.24) is 14.8 Å². The van der Waals surface area contributed by atoms with E-state index in [0.29, 0.717) is 23.4 Å². The van der Waals surface area contributed by atoms with E-state index in [4.69, 9.17) is 4.42 Å². The van der Waals surface area contributed by atoms with E-state index in [0.717, 1.165) is 6.42 Å². The minimum atomic E-state index is -1.08. The van der Waals surface area contributed by atoms with Crippen molar-refractivity contribution in [2.45, 2.75) is 43.8 Å². The molecular weight excluding hydrogens is 388 g/mol. The molecule has 0 radical (unpaired) electrons. The topological polar surface area (TPSA) is 128 Å². The molecular formula is C21H26N4O5. The molecule has 30 heavy (non-hydrogen) atoms. The lowest BCUT2D eigenvalue weighted by atomic mass is 9.64. The summed E-state index contributed by atoms with van der Waals surface area (Å²) in [6.07, 6.45) is -0.787. The molecule has 2 unspecified atom stereocenters. The smallest absolute Gasteiger partial charge is 0.300 e. The summed E-state index contributed by atoms with van der Waals surface area (Å²) in [5, 5.41) is 47.4. The molecule has 2 aromatic heterocycles. The summed E-state index contributed by atoms with van der Waals surface area (Å²) in [7, 11) is 3.41. The first-order chi connectivity index (χ1) is 14.3. The Bertz CT molecular complexity index is 1020. The van der Waals surface area contributed by atoms with Crippen molar-refractivity contribution < 1.29 is 24.8 Å². The van der Waals surface area contributed by atoms with Crippen molar-refractivity contribution in [3.8, 4) is 17.4 Å². The number of aromatic hydroxyl groups is 2. The van der Waals surface area contributed by atoms with Gasteiger partial charge in [-0.3, -0.25) is 0 Å². The van der Waals surface area contributed by atoms with Crippen LogP contribution in [0.1, 0.15) is 42.2 Å². The number of para-hydroxylation sites is 1. The Morgan fingerprint density at radius 1 is 1.07 bits per heavy atom. The predicted molar refractivity (Wildman–Crippen MR) is 109 cm³/mol. The normalized spacial score (nSPS) is 23.4. The molecule has 0 spiro atoms. The molecule has 9 heteroatoms. The van der Waals surface area contributed by atoms with Crippen molar-refractivity contribution in [3.05, 3.63) is 47.3 Å². The first-order valence-corrected chi connectivity index (χ1v) is 9.94. The van der Waals surface area contributed by atoms with E-state index < -0.39 is 24.0 Å². The fourth-order valence-corrected chi connectivity index (χ4v) is 4.06. The van der Waals surface area contributed by atoms with E-state index in [-0.39, 0.29) is 23.5 Å². The van der Waals surface area contributed by atoms with Crippen molar-refractivity contribution in [1.29, 1.82) is 0 Å². The summed E-state index contributed by atoms with van der Waals surface area (Å²) < 4.78 is 6.97. The Labute approximate surface area is 173 Å². The van der Waals surface area contributed by atoms with E-state index >= 15 is 0 Å². The van der Waals surface area contributed by atoms with Gasteiger partial charge in [0, 0.05) is 25.6 Å². The van der Waals surface area contributed by atoms with Gasteiger partial charge >= 0.3 is 0 Å². The van der Waals surface area contributed by atoms with Gasteiger partial charge in [0.1, 0.15) is 0 Å². The molecule has 2 atom stereocenters. The van der Waals surface area contributed by atoms with Gasteiger partial charge in [-0.1, -0.05) is 31.5 Å². The molecule has 0 aliphatic heterocycles. The molecule has 4 N–H and O–H groups in total. The van der Waals surface area contributed by atoms with Gasteiger partial charge < -0.3 is 29.7 Å². The third kappa shape index (κ3) is 3.10. The lowest BCUT2D eigenvalue weighted by Crippen LogP contribution is -2.51. The van der Waals surface area contributed by atoms with Crippen LogP contribution in [-0.2, 0) is 6.42 Å². The van der Waals surface area contributed by atoms with Gasteiger partial charge in [0.05, 0.1) is 29.5 Å². The second kappa shape index (κ2) is 7.66. The Morgan fingerprint density at radius 3 is 2.30 bits per heavy atom. The Morgan fingerprint density at radius 2 is 1.73 bits per heavy atom. The zero-order valence-electron chi connectivity index (χ0n) is 17.1. The first-order valence-electron chi connectivity index (χ1n) is 9.94. The molecule has 2 heterocycles. The third-order valence-corrected chi connectivity index (χ3v) is 5.57. The van der Waals surface area contributed by atoms with Gasteiger partial charge in [0.25, 0.3) is 11.9 Å². The Balaban J connectivity index is 1.70. The number of aromatic nitrogens is 3. The highest BCUT2D eigenvalue weighted by Gasteiger charge is 2.55. The average Bonchev–Trinajstić information content (AvgIpc) is 3.25. The second-order valence-corrected chi connectivity index (χ2v) is 7.79. The number of hydrogen-bond donors (Lipinski definition) is 4. The summed E-state index contributed by atoms with van der Waals surface area (Å²) in [4.78, 5) is 5.49. The largest absolute Gasteiger partial charge is 0.493 e. The summed E-state index contributed by atoms with van der Waals surface area (Å²) in [5.74, 6) is -2.06. The summed E-state index contributed by atoms with van der Waals surface area (Å²) in [6, 6.07) is 9.36. The van der Waals surface area contributed by atoms with Gasteiger partial charge in [0.15, 0.2) is 5.76 Å². The van der Waals surface area contributed by atoms with Crippen LogP contribution < -0.4 is 4.90 Å². The lowest BCUT2D eigenvalue weighted by molar-refractivity contribution is -0.0865. The van der Waals surface area contributed by atoms with Crippen LogP contribution in [-0.4, -0.2) is 61.5 Å². The standard InChI is InChI=1S/C21H26N4O5/c1-4-8-12-13(20(29)25(23-12)11-9-6-5-7-10-11)14-16(26)15(17(14)27)18-19(28)22-21(30-18)24(2)3/h5-7,9-10,14-17,26-29H,4,8H2,1-3H3. The maximum absolute atomic E-state index is 10.9. The molecule has 0 bridgehead atoms. The molecule has 4 rings (SSSR count). The number of hydrogen-bond acceptors (Lipinski definition) is 8. The van der Waals surface area contributed by atoms with E-state index in [2.05, 4.69) is 10.1 Å². The van der Waals surface area contributed by atoms with Gasteiger partial charge in [-0.05, 0) is 18.6 Å². The van der Waals surface area contributed by atoms with Crippen LogP contribution >= 0.6 is 0 Å². The molecule has 1 aliphatic rings. The number of aliphatic hydroxyl groups is 2. The van der Waals surface area contributed by atoms with Gasteiger partial charge in [-0.15, -0.1) is 0 Å². The maximum Gasteiger partial charge on any atom is 0.300 e. The number of nitrogens with zero attached hydrogens (tertiary/aromatic N) is 4. The molecule has 0 amide bonds. The second-order valence-electron chi connectivity index (χ2n) is 7.79. The van der Waals surface area contributed by atoms with Crippen LogP contribution in [0.25, 0.3) is 5.69 Å². The fourth-order valence-electron chi connectivity index (χ4n) is 4.06. The SMILES string of the molecule is CCCc1nn(-c2ccccc2)c(O)c1C1C(O)C(c2oc(N(C)C)nc2O)C1O.